The number of carbonyl (C=O) groups is 1. The average molecular weight is 426 g/mol. The molecule has 2 heterocycles. The molecule has 0 unspecified atom stereocenters. The largest absolute Gasteiger partial charge is 0.322 e. The monoisotopic (exact) mass is 425 g/mol. The van der Waals surface area contributed by atoms with E-state index in [1.54, 1.807) is 22.9 Å². The van der Waals surface area contributed by atoms with Crippen LogP contribution < -0.4 is 10.9 Å². The molecule has 2 aromatic carbocycles. The molecule has 32 heavy (non-hydrogen) atoms. The first-order valence-corrected chi connectivity index (χ1v) is 11.0. The minimum atomic E-state index is -0.417. The molecule has 1 N–H and O–H groups in total. The van der Waals surface area contributed by atoms with Crippen molar-refractivity contribution in [1.82, 2.24) is 9.55 Å². The van der Waals surface area contributed by atoms with E-state index in [9.17, 15) is 9.59 Å². The molecule has 0 aliphatic carbocycles. The van der Waals surface area contributed by atoms with E-state index in [0.717, 1.165) is 35.8 Å². The molecule has 162 valence electrons. The van der Waals surface area contributed by atoms with Crippen molar-refractivity contribution < 1.29 is 4.79 Å². The SMILES string of the molecule is CCCCc1ccc(NC(=O)c2cc3cccnc3n(Cc3ccc(C)cc3)c2=O)cc1. The summed E-state index contributed by atoms with van der Waals surface area (Å²) in [7, 11) is 0. The Morgan fingerprint density at radius 2 is 1.72 bits per heavy atom. The number of rotatable bonds is 7. The Morgan fingerprint density at radius 1 is 1.00 bits per heavy atom. The van der Waals surface area contributed by atoms with Crippen LogP contribution >= 0.6 is 0 Å². The second kappa shape index (κ2) is 9.60. The Bertz CT molecular complexity index is 1290. The summed E-state index contributed by atoms with van der Waals surface area (Å²) in [4.78, 5) is 30.8. The van der Waals surface area contributed by atoms with Crippen LogP contribution in [0.3, 0.4) is 0 Å². The molecule has 4 aromatic rings. The summed E-state index contributed by atoms with van der Waals surface area (Å²) < 4.78 is 1.57. The van der Waals surface area contributed by atoms with Gasteiger partial charge < -0.3 is 5.32 Å². The summed E-state index contributed by atoms with van der Waals surface area (Å²) in [5, 5.41) is 3.62. The van der Waals surface area contributed by atoms with Crippen LogP contribution in [0.25, 0.3) is 11.0 Å². The number of carbonyl (C=O) groups excluding carboxylic acids is 1. The molecule has 0 radical (unpaired) electrons. The molecule has 0 spiro atoms. The first-order valence-electron chi connectivity index (χ1n) is 11.0. The zero-order valence-corrected chi connectivity index (χ0v) is 18.5. The van der Waals surface area contributed by atoms with Gasteiger partial charge in [0.2, 0.25) is 0 Å². The highest BCUT2D eigenvalue weighted by atomic mass is 16.2. The Balaban J connectivity index is 1.66. The number of unbranched alkanes of at least 4 members (excludes halogenated alkanes) is 1. The van der Waals surface area contributed by atoms with Gasteiger partial charge >= 0.3 is 0 Å². The van der Waals surface area contributed by atoms with E-state index in [1.165, 1.54) is 5.56 Å². The third-order valence-electron chi connectivity index (χ3n) is 5.58. The molecule has 4 rings (SSSR count). The minimum Gasteiger partial charge on any atom is -0.322 e. The number of fused-ring (bicyclic) bond motifs is 1. The third kappa shape index (κ3) is 4.78. The van der Waals surface area contributed by atoms with Gasteiger partial charge in [-0.1, -0.05) is 55.3 Å². The summed E-state index contributed by atoms with van der Waals surface area (Å²) in [6.07, 6.45) is 4.96. The van der Waals surface area contributed by atoms with Gasteiger partial charge in [0.25, 0.3) is 11.5 Å². The zero-order valence-electron chi connectivity index (χ0n) is 18.5. The molecule has 0 saturated heterocycles. The maximum Gasteiger partial charge on any atom is 0.265 e. The standard InChI is InChI=1S/C27H27N3O2/c1-3-4-6-20-12-14-23(15-13-20)29-26(31)24-17-22-7-5-16-28-25(22)30(27(24)32)18-21-10-8-19(2)9-11-21/h5,7-17H,3-4,6,18H2,1-2H3,(H,29,31). The Morgan fingerprint density at radius 3 is 2.44 bits per heavy atom. The highest BCUT2D eigenvalue weighted by Gasteiger charge is 2.17. The molecule has 0 saturated carbocycles. The van der Waals surface area contributed by atoms with Crippen LogP contribution in [0.1, 0.15) is 46.8 Å². The molecular formula is C27H27N3O2. The number of amides is 1. The maximum atomic E-state index is 13.3. The van der Waals surface area contributed by atoms with Gasteiger partial charge in [-0.2, -0.15) is 0 Å². The maximum absolute atomic E-state index is 13.3. The van der Waals surface area contributed by atoms with Crippen molar-refractivity contribution in [2.45, 2.75) is 39.7 Å². The molecule has 0 atom stereocenters. The lowest BCUT2D eigenvalue weighted by Gasteiger charge is -2.13. The van der Waals surface area contributed by atoms with Gasteiger partial charge in [-0.05, 0) is 61.2 Å². The highest BCUT2D eigenvalue weighted by Crippen LogP contribution is 2.16. The summed E-state index contributed by atoms with van der Waals surface area (Å²) in [6.45, 7) is 4.54. The Hall–Kier alpha value is -3.73. The lowest BCUT2D eigenvalue weighted by atomic mass is 10.1. The average Bonchev–Trinajstić information content (AvgIpc) is 2.81. The van der Waals surface area contributed by atoms with Crippen LogP contribution in [0.2, 0.25) is 0 Å². The number of hydrogen-bond acceptors (Lipinski definition) is 3. The van der Waals surface area contributed by atoms with E-state index >= 15 is 0 Å². The van der Waals surface area contributed by atoms with E-state index in [-0.39, 0.29) is 11.1 Å². The molecule has 5 nitrogen and oxygen atoms in total. The molecule has 1 amide bonds. The van der Waals surface area contributed by atoms with Crippen LogP contribution in [0.15, 0.2) is 77.7 Å². The number of aryl methyl sites for hydroxylation is 2. The predicted octanol–water partition coefficient (Wildman–Crippen LogP) is 5.35. The molecule has 0 bridgehead atoms. The Kier molecular flexibility index (Phi) is 6.45. The molecule has 0 aliphatic rings. The predicted molar refractivity (Wildman–Crippen MR) is 129 cm³/mol. The number of aromatic nitrogens is 2. The summed E-state index contributed by atoms with van der Waals surface area (Å²) in [5.41, 5.74) is 4.35. The van der Waals surface area contributed by atoms with Gasteiger partial charge in [-0.3, -0.25) is 14.2 Å². The normalized spacial score (nSPS) is 10.9. The van der Waals surface area contributed by atoms with Crippen LogP contribution in [0.4, 0.5) is 5.69 Å². The van der Waals surface area contributed by atoms with E-state index in [2.05, 4.69) is 17.2 Å². The number of benzene rings is 2. The van der Waals surface area contributed by atoms with Gasteiger partial charge in [-0.15, -0.1) is 0 Å². The number of anilines is 1. The molecule has 2 aromatic heterocycles. The van der Waals surface area contributed by atoms with Crippen LogP contribution in [0.5, 0.6) is 0 Å². The van der Waals surface area contributed by atoms with Gasteiger partial charge in [0.15, 0.2) is 0 Å². The van der Waals surface area contributed by atoms with Crippen molar-refractivity contribution in [3.8, 4) is 0 Å². The quantitative estimate of drug-likeness (QED) is 0.434. The highest BCUT2D eigenvalue weighted by molar-refractivity contribution is 6.05. The second-order valence-corrected chi connectivity index (χ2v) is 8.11. The lowest BCUT2D eigenvalue weighted by molar-refractivity contribution is 0.102. The fraction of sp³-hybridized carbons (Fsp3) is 0.222. The fourth-order valence-electron chi connectivity index (χ4n) is 3.73. The van der Waals surface area contributed by atoms with Crippen molar-refractivity contribution >= 4 is 22.6 Å². The van der Waals surface area contributed by atoms with Crippen LogP contribution in [-0.4, -0.2) is 15.5 Å². The van der Waals surface area contributed by atoms with E-state index in [0.29, 0.717) is 17.9 Å². The molecule has 0 fully saturated rings. The first kappa shape index (κ1) is 21.5. The van der Waals surface area contributed by atoms with Gasteiger partial charge in [0.1, 0.15) is 11.2 Å². The van der Waals surface area contributed by atoms with Crippen LogP contribution in [0, 0.1) is 6.92 Å². The smallest absolute Gasteiger partial charge is 0.265 e. The Labute approximate surface area is 187 Å². The summed E-state index contributed by atoms with van der Waals surface area (Å²) in [5.74, 6) is -0.417. The van der Waals surface area contributed by atoms with E-state index < -0.39 is 5.91 Å². The number of pyridine rings is 2. The topological polar surface area (TPSA) is 64.0 Å². The van der Waals surface area contributed by atoms with Crippen molar-refractivity contribution in [3.63, 3.8) is 0 Å². The number of nitrogens with zero attached hydrogens (tertiary/aromatic N) is 2. The minimum absolute atomic E-state index is 0.104. The van der Waals surface area contributed by atoms with Gasteiger partial charge in [-0.25, -0.2) is 4.98 Å². The van der Waals surface area contributed by atoms with Crippen molar-refractivity contribution in [3.05, 3.63) is 106 Å². The van der Waals surface area contributed by atoms with Gasteiger partial charge in [0, 0.05) is 17.3 Å². The van der Waals surface area contributed by atoms with Gasteiger partial charge in [0.05, 0.1) is 6.54 Å². The third-order valence-corrected chi connectivity index (χ3v) is 5.58. The summed E-state index contributed by atoms with van der Waals surface area (Å²) >= 11 is 0. The number of hydrogen-bond donors (Lipinski definition) is 1. The van der Waals surface area contributed by atoms with E-state index in [1.807, 2.05) is 61.5 Å². The molecule has 0 aliphatic heterocycles. The molecular weight excluding hydrogens is 398 g/mol. The first-order chi connectivity index (χ1) is 15.5. The van der Waals surface area contributed by atoms with Crippen molar-refractivity contribution in [2.75, 3.05) is 5.32 Å². The summed E-state index contributed by atoms with van der Waals surface area (Å²) in [6, 6.07) is 21.1. The number of nitrogens with one attached hydrogen (secondary N) is 1. The van der Waals surface area contributed by atoms with Crippen molar-refractivity contribution in [1.29, 1.82) is 0 Å². The molecule has 5 heteroatoms. The van der Waals surface area contributed by atoms with Crippen molar-refractivity contribution in [2.24, 2.45) is 0 Å². The zero-order chi connectivity index (χ0) is 22.5. The van der Waals surface area contributed by atoms with Crippen LogP contribution in [-0.2, 0) is 13.0 Å². The second-order valence-electron chi connectivity index (χ2n) is 8.11. The van der Waals surface area contributed by atoms with E-state index in [4.69, 9.17) is 0 Å². The lowest BCUT2D eigenvalue weighted by Crippen LogP contribution is -2.30. The fourth-order valence-corrected chi connectivity index (χ4v) is 3.73.